The van der Waals surface area contributed by atoms with Gasteiger partial charge in [0.2, 0.25) is 0 Å². The van der Waals surface area contributed by atoms with Gasteiger partial charge in [-0.2, -0.15) is 5.01 Å². The lowest BCUT2D eigenvalue weighted by molar-refractivity contribution is 0.0611. The highest BCUT2D eigenvalue weighted by atomic mass is 32.1. The fourth-order valence-corrected chi connectivity index (χ4v) is 1.54. The van der Waals surface area contributed by atoms with Crippen LogP contribution in [0, 0.1) is 0 Å². The van der Waals surface area contributed by atoms with Gasteiger partial charge in [0.1, 0.15) is 0 Å². The number of rotatable bonds is 1. The Morgan fingerprint density at radius 2 is 1.69 bits per heavy atom. The Labute approximate surface area is 97.4 Å². The first-order valence-electron chi connectivity index (χ1n) is 4.61. The highest BCUT2D eigenvalue weighted by Gasteiger charge is 2.35. The molecule has 2 amide bonds. The zero-order valence-electron chi connectivity index (χ0n) is 8.48. The summed E-state index contributed by atoms with van der Waals surface area (Å²) in [5.74, 6) is -0.781. The zero-order valence-corrected chi connectivity index (χ0v) is 9.30. The molecule has 0 aliphatic carbocycles. The molecule has 82 valence electrons. The van der Waals surface area contributed by atoms with Gasteiger partial charge in [0.25, 0.3) is 11.8 Å². The van der Waals surface area contributed by atoms with Crippen molar-refractivity contribution in [2.24, 2.45) is 0 Å². The third kappa shape index (κ3) is 1.53. The quantitative estimate of drug-likeness (QED) is 0.541. The van der Waals surface area contributed by atoms with E-state index in [1.165, 1.54) is 0 Å². The second kappa shape index (κ2) is 3.90. The highest BCUT2D eigenvalue weighted by molar-refractivity contribution is 7.80. The van der Waals surface area contributed by atoms with Gasteiger partial charge in [-0.25, -0.2) is 0 Å². The molecule has 0 radical (unpaired) electrons. The minimum absolute atomic E-state index is 0.217. The van der Waals surface area contributed by atoms with E-state index in [9.17, 15) is 9.59 Å². The number of benzene rings is 1. The summed E-state index contributed by atoms with van der Waals surface area (Å²) < 4.78 is 0. The molecule has 2 N–H and O–H groups in total. The van der Waals surface area contributed by atoms with Crippen molar-refractivity contribution in [2.45, 2.75) is 0 Å². The largest absolute Gasteiger partial charge is 0.364 e. The predicted octanol–water partition coefficient (Wildman–Crippen LogP) is 0.291. The molecule has 0 unspecified atom stereocenters. The first-order chi connectivity index (χ1) is 7.65. The van der Waals surface area contributed by atoms with Crippen LogP contribution in [-0.2, 0) is 0 Å². The third-order valence-electron chi connectivity index (χ3n) is 2.23. The molecule has 1 aliphatic heterocycles. The van der Waals surface area contributed by atoms with E-state index in [1.54, 1.807) is 31.3 Å². The molecule has 1 aliphatic rings. The van der Waals surface area contributed by atoms with E-state index in [0.717, 1.165) is 5.01 Å². The van der Waals surface area contributed by atoms with Gasteiger partial charge < -0.3 is 5.32 Å². The van der Waals surface area contributed by atoms with Crippen molar-refractivity contribution < 1.29 is 9.59 Å². The number of hydrogen-bond acceptors (Lipinski definition) is 3. The number of fused-ring (bicyclic) bond motifs is 1. The number of nitrogens with one attached hydrogen (secondary N) is 2. The van der Waals surface area contributed by atoms with Crippen LogP contribution < -0.4 is 10.7 Å². The topological polar surface area (TPSA) is 61.4 Å². The van der Waals surface area contributed by atoms with Gasteiger partial charge in [-0.15, -0.1) is 0 Å². The Kier molecular flexibility index (Phi) is 2.57. The Hall–Kier alpha value is -1.95. The molecule has 0 saturated carbocycles. The summed E-state index contributed by atoms with van der Waals surface area (Å²) in [5, 5.41) is 3.76. The molecule has 1 aromatic rings. The van der Waals surface area contributed by atoms with Crippen molar-refractivity contribution in [3.8, 4) is 0 Å². The van der Waals surface area contributed by atoms with Crippen molar-refractivity contribution in [2.75, 3.05) is 7.05 Å². The molecule has 0 aromatic heterocycles. The molecule has 5 nitrogen and oxygen atoms in total. The van der Waals surface area contributed by atoms with E-state index in [4.69, 9.17) is 12.2 Å². The van der Waals surface area contributed by atoms with Crippen LogP contribution >= 0.6 is 12.2 Å². The van der Waals surface area contributed by atoms with Gasteiger partial charge in [0.15, 0.2) is 5.11 Å². The number of hydrogen-bond donors (Lipinski definition) is 2. The van der Waals surface area contributed by atoms with Gasteiger partial charge in [0.05, 0.1) is 11.1 Å². The van der Waals surface area contributed by atoms with Crippen LogP contribution in [0.3, 0.4) is 0 Å². The molecular weight excluding hydrogens is 226 g/mol. The summed E-state index contributed by atoms with van der Waals surface area (Å²) in [6.45, 7) is 0. The van der Waals surface area contributed by atoms with Crippen LogP contribution in [0.15, 0.2) is 24.3 Å². The lowest BCUT2D eigenvalue weighted by Crippen LogP contribution is -2.49. The smallest absolute Gasteiger partial charge is 0.280 e. The number of thiocarbonyl (C=S) groups is 1. The van der Waals surface area contributed by atoms with Crippen LogP contribution in [0.5, 0.6) is 0 Å². The summed E-state index contributed by atoms with van der Waals surface area (Å²) in [5.41, 5.74) is 3.31. The van der Waals surface area contributed by atoms with E-state index < -0.39 is 11.8 Å². The summed E-state index contributed by atoms with van der Waals surface area (Å²) in [7, 11) is 1.60. The Morgan fingerprint density at radius 3 is 2.12 bits per heavy atom. The number of carbonyl (C=O) groups is 2. The van der Waals surface area contributed by atoms with Crippen LogP contribution in [0.2, 0.25) is 0 Å². The van der Waals surface area contributed by atoms with E-state index in [0.29, 0.717) is 11.1 Å². The standard InChI is InChI=1S/C10H9N3O2S/c1-11-10(16)12-13-8(14)6-4-2-3-5-7(6)9(13)15/h2-5H,1H3,(H2,11,12,16). The van der Waals surface area contributed by atoms with Crippen LogP contribution in [0.4, 0.5) is 0 Å². The summed E-state index contributed by atoms with van der Waals surface area (Å²) in [4.78, 5) is 23.6. The lowest BCUT2D eigenvalue weighted by Gasteiger charge is -2.16. The average molecular weight is 235 g/mol. The highest BCUT2D eigenvalue weighted by Crippen LogP contribution is 2.20. The fourth-order valence-electron chi connectivity index (χ4n) is 1.45. The number of amides is 2. The summed E-state index contributed by atoms with van der Waals surface area (Å²) >= 11 is 4.84. The first-order valence-corrected chi connectivity index (χ1v) is 5.02. The number of hydrazine groups is 1. The second-order valence-corrected chi connectivity index (χ2v) is 3.59. The molecular formula is C10H9N3O2S. The Bertz CT molecular complexity index is 452. The number of nitrogens with zero attached hydrogens (tertiary/aromatic N) is 1. The molecule has 0 spiro atoms. The van der Waals surface area contributed by atoms with Gasteiger partial charge >= 0.3 is 0 Å². The SMILES string of the molecule is CNC(=S)NN1C(=O)c2ccccc2C1=O. The van der Waals surface area contributed by atoms with Crippen molar-refractivity contribution >= 4 is 29.1 Å². The molecule has 0 fully saturated rings. The molecule has 0 bridgehead atoms. The normalized spacial score (nSPS) is 13.7. The second-order valence-electron chi connectivity index (χ2n) is 3.18. The number of imide groups is 1. The van der Waals surface area contributed by atoms with Gasteiger partial charge in [0, 0.05) is 7.05 Å². The van der Waals surface area contributed by atoms with Crippen molar-refractivity contribution in [3.05, 3.63) is 35.4 Å². The molecule has 0 atom stereocenters. The van der Waals surface area contributed by atoms with Gasteiger partial charge in [-0.1, -0.05) is 12.1 Å². The molecule has 6 heteroatoms. The molecule has 0 saturated heterocycles. The Morgan fingerprint density at radius 1 is 1.19 bits per heavy atom. The third-order valence-corrected chi connectivity index (χ3v) is 2.53. The summed E-state index contributed by atoms with van der Waals surface area (Å²) in [6.07, 6.45) is 0. The predicted molar refractivity (Wildman–Crippen MR) is 61.7 cm³/mol. The molecule has 2 rings (SSSR count). The minimum atomic E-state index is -0.391. The summed E-state index contributed by atoms with van der Waals surface area (Å²) in [6, 6.07) is 6.65. The van der Waals surface area contributed by atoms with Crippen molar-refractivity contribution in [1.82, 2.24) is 15.8 Å². The van der Waals surface area contributed by atoms with Crippen LogP contribution in [0.25, 0.3) is 0 Å². The van der Waals surface area contributed by atoms with Crippen LogP contribution in [-0.4, -0.2) is 29.0 Å². The molecule has 1 heterocycles. The lowest BCUT2D eigenvalue weighted by atomic mass is 10.1. The number of carbonyl (C=O) groups excluding carboxylic acids is 2. The van der Waals surface area contributed by atoms with E-state index >= 15 is 0 Å². The Balaban J connectivity index is 2.32. The maximum absolute atomic E-state index is 11.8. The average Bonchev–Trinajstić information content (AvgIpc) is 2.55. The van der Waals surface area contributed by atoms with Gasteiger partial charge in [-0.05, 0) is 24.4 Å². The van der Waals surface area contributed by atoms with Gasteiger partial charge in [-0.3, -0.25) is 15.0 Å². The fraction of sp³-hybridized carbons (Fsp3) is 0.100. The maximum atomic E-state index is 11.8. The van der Waals surface area contributed by atoms with E-state index in [1.807, 2.05) is 0 Å². The van der Waals surface area contributed by atoms with Crippen LogP contribution in [0.1, 0.15) is 20.7 Å². The van der Waals surface area contributed by atoms with Crippen molar-refractivity contribution in [3.63, 3.8) is 0 Å². The molecule has 16 heavy (non-hydrogen) atoms. The maximum Gasteiger partial charge on any atom is 0.280 e. The monoisotopic (exact) mass is 235 g/mol. The van der Waals surface area contributed by atoms with E-state index in [-0.39, 0.29) is 5.11 Å². The zero-order chi connectivity index (χ0) is 11.7. The van der Waals surface area contributed by atoms with Crippen molar-refractivity contribution in [1.29, 1.82) is 0 Å². The first kappa shape index (κ1) is 10.6. The van der Waals surface area contributed by atoms with E-state index in [2.05, 4.69) is 10.7 Å². The molecule has 1 aromatic carbocycles. The minimum Gasteiger partial charge on any atom is -0.364 e.